The molecule has 1 atom stereocenters. The van der Waals surface area contributed by atoms with Gasteiger partial charge in [-0.1, -0.05) is 6.92 Å². The molecule has 1 aromatic heterocycles. The molecule has 1 aliphatic heterocycles. The molecule has 0 aliphatic carbocycles. The Balaban J connectivity index is 1.94. The number of anilines is 1. The molecule has 104 valence electrons. The summed E-state index contributed by atoms with van der Waals surface area (Å²) in [4.78, 5) is 18.5. The fraction of sp³-hybridized carbons (Fsp3) is 0.571. The number of likely N-dealkylation sites (tertiary alicyclic amines) is 1. The maximum absolute atomic E-state index is 12.1. The number of aromatic nitrogens is 1. The Hall–Kier alpha value is -1.62. The van der Waals surface area contributed by atoms with Crippen LogP contribution in [0.25, 0.3) is 0 Å². The van der Waals surface area contributed by atoms with Crippen molar-refractivity contribution in [2.75, 3.05) is 32.0 Å². The highest BCUT2D eigenvalue weighted by molar-refractivity contribution is 5.93. The van der Waals surface area contributed by atoms with E-state index in [0.717, 1.165) is 38.2 Å². The lowest BCUT2D eigenvalue weighted by atomic mass is 10.2. The summed E-state index contributed by atoms with van der Waals surface area (Å²) in [6.07, 6.45) is 3.74. The van der Waals surface area contributed by atoms with Crippen molar-refractivity contribution in [2.24, 2.45) is 0 Å². The molecule has 5 heteroatoms. The molecule has 1 fully saturated rings. The minimum Gasteiger partial charge on any atom is -0.385 e. The lowest BCUT2D eigenvalue weighted by Crippen LogP contribution is -2.36. The van der Waals surface area contributed by atoms with Gasteiger partial charge in [-0.15, -0.1) is 0 Å². The predicted molar refractivity (Wildman–Crippen MR) is 76.4 cm³/mol. The van der Waals surface area contributed by atoms with Crippen LogP contribution in [0.4, 0.5) is 5.69 Å². The number of nitrogens with zero attached hydrogens (tertiary/aromatic N) is 2. The minimum atomic E-state index is -0.0829. The Labute approximate surface area is 114 Å². The predicted octanol–water partition coefficient (Wildman–Crippen LogP) is 1.34. The van der Waals surface area contributed by atoms with Gasteiger partial charge in [0, 0.05) is 31.0 Å². The van der Waals surface area contributed by atoms with Crippen LogP contribution >= 0.6 is 0 Å². The lowest BCUT2D eigenvalue weighted by molar-refractivity contribution is 0.0933. The van der Waals surface area contributed by atoms with Crippen LogP contribution in [0.5, 0.6) is 0 Å². The van der Waals surface area contributed by atoms with Crippen LogP contribution in [-0.2, 0) is 0 Å². The second kappa shape index (κ2) is 6.52. The van der Waals surface area contributed by atoms with Crippen LogP contribution in [-0.4, -0.2) is 48.5 Å². The molecule has 1 aromatic rings. The molecule has 0 saturated carbocycles. The summed E-state index contributed by atoms with van der Waals surface area (Å²) in [5.41, 5.74) is 1.43. The van der Waals surface area contributed by atoms with E-state index in [4.69, 9.17) is 0 Å². The van der Waals surface area contributed by atoms with Crippen molar-refractivity contribution >= 4 is 11.6 Å². The first-order valence-electron chi connectivity index (χ1n) is 6.88. The van der Waals surface area contributed by atoms with Crippen molar-refractivity contribution in [3.8, 4) is 0 Å². The molecule has 19 heavy (non-hydrogen) atoms. The summed E-state index contributed by atoms with van der Waals surface area (Å²) < 4.78 is 0. The first-order chi connectivity index (χ1) is 9.19. The molecule has 5 nitrogen and oxygen atoms in total. The molecule has 2 heterocycles. The Morgan fingerprint density at radius 2 is 2.42 bits per heavy atom. The molecule has 1 aliphatic rings. The maximum atomic E-state index is 12.1. The Morgan fingerprint density at radius 3 is 3.11 bits per heavy atom. The van der Waals surface area contributed by atoms with Gasteiger partial charge in [0.2, 0.25) is 0 Å². The monoisotopic (exact) mass is 262 g/mol. The highest BCUT2D eigenvalue weighted by Crippen LogP contribution is 2.10. The molecule has 1 saturated heterocycles. The van der Waals surface area contributed by atoms with E-state index in [2.05, 4.69) is 34.5 Å². The van der Waals surface area contributed by atoms with Gasteiger partial charge in [0.1, 0.15) is 5.69 Å². The zero-order valence-electron chi connectivity index (χ0n) is 11.6. The smallest absolute Gasteiger partial charge is 0.270 e. The average Bonchev–Trinajstić information content (AvgIpc) is 2.82. The number of likely N-dealkylation sites (N-methyl/N-ethyl adjacent to an activating group) is 1. The summed E-state index contributed by atoms with van der Waals surface area (Å²) >= 11 is 0. The van der Waals surface area contributed by atoms with Gasteiger partial charge in [0.25, 0.3) is 5.91 Å². The summed E-state index contributed by atoms with van der Waals surface area (Å²) in [7, 11) is 2.07. The average molecular weight is 262 g/mol. The normalized spacial score (nSPS) is 19.4. The fourth-order valence-electron chi connectivity index (χ4n) is 2.25. The van der Waals surface area contributed by atoms with E-state index < -0.39 is 0 Å². The largest absolute Gasteiger partial charge is 0.385 e. The summed E-state index contributed by atoms with van der Waals surface area (Å²) in [5, 5.41) is 6.30. The zero-order chi connectivity index (χ0) is 13.7. The highest BCUT2D eigenvalue weighted by Gasteiger charge is 2.21. The van der Waals surface area contributed by atoms with Crippen LogP contribution in [0, 0.1) is 0 Å². The number of hydrogen-bond donors (Lipinski definition) is 2. The number of carbonyl (C=O) groups is 1. The molecule has 0 bridgehead atoms. The van der Waals surface area contributed by atoms with E-state index in [9.17, 15) is 4.79 Å². The zero-order valence-corrected chi connectivity index (χ0v) is 11.6. The molecule has 0 radical (unpaired) electrons. The second-order valence-electron chi connectivity index (χ2n) is 5.08. The van der Waals surface area contributed by atoms with Crippen LogP contribution < -0.4 is 10.6 Å². The van der Waals surface area contributed by atoms with Gasteiger partial charge in [-0.25, -0.2) is 0 Å². The topological polar surface area (TPSA) is 57.3 Å². The van der Waals surface area contributed by atoms with Crippen LogP contribution in [0.3, 0.4) is 0 Å². The molecule has 2 rings (SSSR count). The van der Waals surface area contributed by atoms with Gasteiger partial charge in [-0.05, 0) is 38.6 Å². The van der Waals surface area contributed by atoms with Crippen molar-refractivity contribution in [3.05, 3.63) is 24.0 Å². The number of amides is 1. The molecular weight excluding hydrogens is 240 g/mol. The number of hydrogen-bond acceptors (Lipinski definition) is 4. The Kier molecular flexibility index (Phi) is 4.74. The molecular formula is C14H22N4O. The molecule has 1 unspecified atom stereocenters. The Morgan fingerprint density at radius 1 is 1.58 bits per heavy atom. The SMILES string of the molecule is CCCNc1ccnc(C(=O)NC2CCN(C)C2)c1. The van der Waals surface area contributed by atoms with Crippen LogP contribution in [0.2, 0.25) is 0 Å². The van der Waals surface area contributed by atoms with E-state index in [-0.39, 0.29) is 11.9 Å². The van der Waals surface area contributed by atoms with E-state index in [0.29, 0.717) is 5.69 Å². The van der Waals surface area contributed by atoms with E-state index in [1.807, 2.05) is 12.1 Å². The fourth-order valence-corrected chi connectivity index (χ4v) is 2.25. The number of nitrogens with one attached hydrogen (secondary N) is 2. The van der Waals surface area contributed by atoms with Gasteiger partial charge < -0.3 is 15.5 Å². The maximum Gasteiger partial charge on any atom is 0.270 e. The van der Waals surface area contributed by atoms with Crippen molar-refractivity contribution < 1.29 is 4.79 Å². The summed E-state index contributed by atoms with van der Waals surface area (Å²) in [6, 6.07) is 3.94. The number of rotatable bonds is 5. The number of carbonyl (C=O) groups excluding carboxylic acids is 1. The van der Waals surface area contributed by atoms with Crippen molar-refractivity contribution in [2.45, 2.75) is 25.8 Å². The van der Waals surface area contributed by atoms with Crippen LogP contribution in [0.1, 0.15) is 30.3 Å². The van der Waals surface area contributed by atoms with Gasteiger partial charge in [0.15, 0.2) is 0 Å². The molecule has 2 N–H and O–H groups in total. The lowest BCUT2D eigenvalue weighted by Gasteiger charge is -2.13. The summed E-state index contributed by atoms with van der Waals surface area (Å²) in [6.45, 7) is 4.97. The van der Waals surface area contributed by atoms with Gasteiger partial charge >= 0.3 is 0 Å². The number of pyridine rings is 1. The minimum absolute atomic E-state index is 0.0829. The first kappa shape index (κ1) is 13.8. The van der Waals surface area contributed by atoms with Gasteiger partial charge in [-0.3, -0.25) is 9.78 Å². The van der Waals surface area contributed by atoms with E-state index in [1.165, 1.54) is 0 Å². The highest BCUT2D eigenvalue weighted by atomic mass is 16.1. The van der Waals surface area contributed by atoms with Crippen LogP contribution in [0.15, 0.2) is 18.3 Å². The molecule has 0 spiro atoms. The quantitative estimate of drug-likeness (QED) is 0.840. The molecule has 1 amide bonds. The van der Waals surface area contributed by atoms with Crippen molar-refractivity contribution in [1.29, 1.82) is 0 Å². The molecule has 0 aromatic carbocycles. The second-order valence-corrected chi connectivity index (χ2v) is 5.08. The Bertz CT molecular complexity index is 435. The summed E-state index contributed by atoms with van der Waals surface area (Å²) in [5.74, 6) is -0.0829. The van der Waals surface area contributed by atoms with Crippen molar-refractivity contribution in [1.82, 2.24) is 15.2 Å². The first-order valence-corrected chi connectivity index (χ1v) is 6.88. The van der Waals surface area contributed by atoms with Crippen molar-refractivity contribution in [3.63, 3.8) is 0 Å². The van der Waals surface area contributed by atoms with Gasteiger partial charge in [0.05, 0.1) is 0 Å². The van der Waals surface area contributed by atoms with Gasteiger partial charge in [-0.2, -0.15) is 0 Å². The third kappa shape index (κ3) is 3.92. The third-order valence-corrected chi connectivity index (χ3v) is 3.30. The standard InChI is InChI=1S/C14H22N4O/c1-3-6-15-11-4-7-16-13(9-11)14(19)17-12-5-8-18(2)10-12/h4,7,9,12H,3,5-6,8,10H2,1-2H3,(H,15,16)(H,17,19). The van der Waals surface area contributed by atoms with E-state index >= 15 is 0 Å². The van der Waals surface area contributed by atoms with E-state index in [1.54, 1.807) is 6.20 Å². The third-order valence-electron chi connectivity index (χ3n) is 3.30.